The highest BCUT2D eigenvalue weighted by Gasteiger charge is 2.17. The Balaban J connectivity index is 2.54. The first-order valence-electron chi connectivity index (χ1n) is 6.48. The molecular formula is C15H20ClN3. The monoisotopic (exact) mass is 277 g/mol. The van der Waals surface area contributed by atoms with Gasteiger partial charge in [-0.15, -0.1) is 0 Å². The van der Waals surface area contributed by atoms with Gasteiger partial charge in [0.15, 0.2) is 0 Å². The van der Waals surface area contributed by atoms with Gasteiger partial charge >= 0.3 is 0 Å². The number of aryl methyl sites for hydroxylation is 2. The number of rotatable bonds is 3. The fraction of sp³-hybridized carbons (Fsp3) is 0.400. The Morgan fingerprint density at radius 3 is 2.58 bits per heavy atom. The molecule has 2 rings (SSSR count). The Kier molecular flexibility index (Phi) is 3.97. The molecule has 4 heteroatoms. The van der Waals surface area contributed by atoms with Gasteiger partial charge in [0.1, 0.15) is 0 Å². The van der Waals surface area contributed by atoms with Crippen LogP contribution in [0.1, 0.15) is 35.4 Å². The van der Waals surface area contributed by atoms with Crippen molar-refractivity contribution < 1.29 is 0 Å². The molecule has 0 bridgehead atoms. The van der Waals surface area contributed by atoms with Crippen LogP contribution in [0.4, 0.5) is 0 Å². The van der Waals surface area contributed by atoms with Crippen LogP contribution in [-0.4, -0.2) is 16.3 Å². The van der Waals surface area contributed by atoms with Crippen LogP contribution in [0.5, 0.6) is 0 Å². The summed E-state index contributed by atoms with van der Waals surface area (Å²) in [5, 5.41) is 5.39. The van der Waals surface area contributed by atoms with Crippen LogP contribution in [0.3, 0.4) is 0 Å². The minimum absolute atomic E-state index is 0.315. The molecule has 2 N–H and O–H groups in total. The van der Waals surface area contributed by atoms with Crippen molar-refractivity contribution in [2.24, 2.45) is 5.73 Å². The maximum Gasteiger partial charge on any atom is 0.0663 e. The number of nitrogens with two attached hydrogens (primary N) is 1. The molecule has 0 amide bonds. The van der Waals surface area contributed by atoms with E-state index in [9.17, 15) is 0 Å². The van der Waals surface area contributed by atoms with Gasteiger partial charge in [0.05, 0.1) is 11.4 Å². The molecule has 1 heterocycles. The van der Waals surface area contributed by atoms with Gasteiger partial charge in [0, 0.05) is 16.3 Å². The minimum atomic E-state index is 0.315. The Morgan fingerprint density at radius 1 is 1.32 bits per heavy atom. The standard InChI is InChI=1S/C15H20ClN3/c1-9-5-6-13(7-14(9)16)19-12(4)15(10(2)8-17)11(3)18-19/h5-7,10H,8,17H2,1-4H3. The summed E-state index contributed by atoms with van der Waals surface area (Å²) in [6, 6.07) is 6.00. The van der Waals surface area contributed by atoms with E-state index in [1.165, 1.54) is 5.56 Å². The second-order valence-electron chi connectivity index (χ2n) is 5.07. The van der Waals surface area contributed by atoms with Crippen molar-refractivity contribution in [2.75, 3.05) is 6.54 Å². The topological polar surface area (TPSA) is 43.8 Å². The third-order valence-electron chi connectivity index (χ3n) is 3.59. The van der Waals surface area contributed by atoms with Crippen molar-refractivity contribution in [1.82, 2.24) is 9.78 Å². The SMILES string of the molecule is Cc1ccc(-n2nc(C)c(C(C)CN)c2C)cc1Cl. The van der Waals surface area contributed by atoms with Gasteiger partial charge < -0.3 is 5.73 Å². The molecule has 1 aromatic heterocycles. The van der Waals surface area contributed by atoms with Crippen LogP contribution in [0.15, 0.2) is 18.2 Å². The lowest BCUT2D eigenvalue weighted by atomic mass is 9.99. The normalized spacial score (nSPS) is 12.7. The van der Waals surface area contributed by atoms with Gasteiger partial charge in [-0.1, -0.05) is 24.6 Å². The second kappa shape index (κ2) is 5.35. The summed E-state index contributed by atoms with van der Waals surface area (Å²) in [5.41, 5.74) is 11.2. The van der Waals surface area contributed by atoms with Crippen molar-refractivity contribution in [2.45, 2.75) is 33.6 Å². The van der Waals surface area contributed by atoms with Crippen molar-refractivity contribution in [3.8, 4) is 5.69 Å². The molecule has 0 aliphatic rings. The van der Waals surface area contributed by atoms with Crippen LogP contribution >= 0.6 is 11.6 Å². The Morgan fingerprint density at radius 2 is 2.00 bits per heavy atom. The molecule has 0 saturated heterocycles. The molecule has 2 aromatic rings. The van der Waals surface area contributed by atoms with E-state index in [-0.39, 0.29) is 0 Å². The molecule has 1 aromatic carbocycles. The van der Waals surface area contributed by atoms with Crippen molar-refractivity contribution >= 4 is 11.6 Å². The van der Waals surface area contributed by atoms with Crippen LogP contribution in [0, 0.1) is 20.8 Å². The summed E-state index contributed by atoms with van der Waals surface area (Å²) in [7, 11) is 0. The molecule has 0 fully saturated rings. The molecule has 0 aliphatic heterocycles. The molecule has 0 radical (unpaired) electrons. The van der Waals surface area contributed by atoms with E-state index in [1.807, 2.05) is 36.7 Å². The fourth-order valence-electron chi connectivity index (χ4n) is 2.45. The first-order valence-corrected chi connectivity index (χ1v) is 6.86. The van der Waals surface area contributed by atoms with Crippen LogP contribution < -0.4 is 5.73 Å². The van der Waals surface area contributed by atoms with E-state index in [0.29, 0.717) is 12.5 Å². The highest BCUT2D eigenvalue weighted by atomic mass is 35.5. The molecule has 19 heavy (non-hydrogen) atoms. The second-order valence-corrected chi connectivity index (χ2v) is 5.47. The molecule has 1 unspecified atom stereocenters. The van der Waals surface area contributed by atoms with Crippen LogP contribution in [-0.2, 0) is 0 Å². The predicted octanol–water partition coefficient (Wildman–Crippen LogP) is 3.51. The highest BCUT2D eigenvalue weighted by molar-refractivity contribution is 6.31. The molecular weight excluding hydrogens is 258 g/mol. The van der Waals surface area contributed by atoms with E-state index >= 15 is 0 Å². The average molecular weight is 278 g/mol. The van der Waals surface area contributed by atoms with Gasteiger partial charge in [-0.2, -0.15) is 5.10 Å². The molecule has 1 atom stereocenters. The average Bonchev–Trinajstić information content (AvgIpc) is 2.67. The molecule has 0 aliphatic carbocycles. The quantitative estimate of drug-likeness (QED) is 0.933. The van der Waals surface area contributed by atoms with E-state index < -0.39 is 0 Å². The first-order chi connectivity index (χ1) is 8.95. The molecule has 0 saturated carbocycles. The third kappa shape index (κ3) is 2.53. The smallest absolute Gasteiger partial charge is 0.0663 e. The van der Waals surface area contributed by atoms with Gasteiger partial charge in [-0.3, -0.25) is 0 Å². The summed E-state index contributed by atoms with van der Waals surface area (Å²) < 4.78 is 1.95. The molecule has 102 valence electrons. The number of aromatic nitrogens is 2. The first kappa shape index (κ1) is 14.1. The van der Waals surface area contributed by atoms with E-state index in [1.54, 1.807) is 0 Å². The molecule has 3 nitrogen and oxygen atoms in total. The lowest BCUT2D eigenvalue weighted by molar-refractivity contribution is 0.759. The number of halogens is 1. The third-order valence-corrected chi connectivity index (χ3v) is 4.00. The number of hydrogen-bond acceptors (Lipinski definition) is 2. The maximum absolute atomic E-state index is 6.19. The van der Waals surface area contributed by atoms with Gasteiger partial charge in [0.2, 0.25) is 0 Å². The number of nitrogens with zero attached hydrogens (tertiary/aromatic N) is 2. The summed E-state index contributed by atoms with van der Waals surface area (Å²) in [6.07, 6.45) is 0. The molecule has 0 spiro atoms. The van der Waals surface area contributed by atoms with Gasteiger partial charge in [0.25, 0.3) is 0 Å². The van der Waals surface area contributed by atoms with E-state index in [0.717, 1.165) is 27.7 Å². The fourth-order valence-corrected chi connectivity index (χ4v) is 2.63. The van der Waals surface area contributed by atoms with E-state index in [2.05, 4.69) is 18.9 Å². The van der Waals surface area contributed by atoms with E-state index in [4.69, 9.17) is 17.3 Å². The van der Waals surface area contributed by atoms with Crippen molar-refractivity contribution in [1.29, 1.82) is 0 Å². The Hall–Kier alpha value is -1.32. The summed E-state index contributed by atoms with van der Waals surface area (Å²) in [4.78, 5) is 0. The lowest BCUT2D eigenvalue weighted by Gasteiger charge is -2.10. The Labute approximate surface area is 119 Å². The van der Waals surface area contributed by atoms with Crippen molar-refractivity contribution in [3.63, 3.8) is 0 Å². The highest BCUT2D eigenvalue weighted by Crippen LogP contribution is 2.26. The summed E-state index contributed by atoms with van der Waals surface area (Å²) in [5.74, 6) is 0.315. The lowest BCUT2D eigenvalue weighted by Crippen LogP contribution is -2.10. The van der Waals surface area contributed by atoms with Crippen LogP contribution in [0.2, 0.25) is 5.02 Å². The number of benzene rings is 1. The summed E-state index contributed by atoms with van der Waals surface area (Å²) in [6.45, 7) is 8.86. The minimum Gasteiger partial charge on any atom is -0.330 e. The Bertz CT molecular complexity index is 602. The zero-order valence-electron chi connectivity index (χ0n) is 11.9. The van der Waals surface area contributed by atoms with Gasteiger partial charge in [-0.05, 0) is 50.9 Å². The largest absolute Gasteiger partial charge is 0.330 e. The zero-order valence-corrected chi connectivity index (χ0v) is 12.6. The maximum atomic E-state index is 6.19. The van der Waals surface area contributed by atoms with Crippen molar-refractivity contribution in [3.05, 3.63) is 45.7 Å². The van der Waals surface area contributed by atoms with Crippen LogP contribution in [0.25, 0.3) is 5.69 Å². The van der Waals surface area contributed by atoms with Gasteiger partial charge in [-0.25, -0.2) is 4.68 Å². The number of hydrogen-bond donors (Lipinski definition) is 1. The summed E-state index contributed by atoms with van der Waals surface area (Å²) >= 11 is 6.19. The zero-order chi connectivity index (χ0) is 14.2. The predicted molar refractivity (Wildman–Crippen MR) is 80.3 cm³/mol.